The SMILES string of the molecule is Nc1cc(N2CCN(CCP(=O)(O)O)CC2)nc(NCC2CCC(CNCCCNC3C[C@@H]4CC[C@H]3C4)CC2)n1. The first-order valence-corrected chi connectivity index (χ1v) is 17.4. The molecule has 0 radical (unpaired) electrons. The Kier molecular flexibility index (Phi) is 10.6. The Morgan fingerprint density at radius 1 is 0.950 bits per heavy atom. The number of rotatable bonds is 14. The van der Waals surface area contributed by atoms with Crippen molar-refractivity contribution in [1.29, 1.82) is 0 Å². The summed E-state index contributed by atoms with van der Waals surface area (Å²) in [5, 5.41) is 11.0. The molecule has 5 rings (SSSR count). The first kappa shape index (κ1) is 30.0. The van der Waals surface area contributed by atoms with E-state index in [1.807, 2.05) is 6.07 Å². The molecule has 1 saturated heterocycles. The van der Waals surface area contributed by atoms with Crippen molar-refractivity contribution in [1.82, 2.24) is 25.5 Å². The Hall–Kier alpha value is -1.49. The minimum atomic E-state index is -3.96. The first-order valence-electron chi connectivity index (χ1n) is 15.6. The minimum absolute atomic E-state index is 0.0986. The van der Waals surface area contributed by atoms with Gasteiger partial charge in [-0.1, -0.05) is 6.42 Å². The molecule has 226 valence electrons. The van der Waals surface area contributed by atoms with Gasteiger partial charge >= 0.3 is 7.60 Å². The number of nitrogens with zero attached hydrogens (tertiary/aromatic N) is 4. The fourth-order valence-corrected chi connectivity index (χ4v) is 7.89. The molecule has 1 unspecified atom stereocenters. The molecule has 3 aliphatic carbocycles. The van der Waals surface area contributed by atoms with E-state index in [0.29, 0.717) is 24.2 Å². The van der Waals surface area contributed by atoms with Crippen LogP contribution in [0.25, 0.3) is 0 Å². The van der Waals surface area contributed by atoms with E-state index in [4.69, 9.17) is 20.5 Å². The van der Waals surface area contributed by atoms with Gasteiger partial charge in [-0.25, -0.2) is 0 Å². The average Bonchev–Trinajstić information content (AvgIpc) is 3.57. The van der Waals surface area contributed by atoms with Gasteiger partial charge in [0.25, 0.3) is 0 Å². The highest BCUT2D eigenvalue weighted by Gasteiger charge is 2.38. The van der Waals surface area contributed by atoms with E-state index in [0.717, 1.165) is 82.0 Å². The van der Waals surface area contributed by atoms with Crippen molar-refractivity contribution >= 4 is 25.2 Å². The number of nitrogens with two attached hydrogens (primary N) is 1. The fourth-order valence-electron chi connectivity index (χ4n) is 7.34. The molecular weight excluding hydrogens is 527 g/mol. The van der Waals surface area contributed by atoms with Gasteiger partial charge in [0.2, 0.25) is 5.95 Å². The van der Waals surface area contributed by atoms with Crippen LogP contribution in [-0.2, 0) is 4.57 Å². The zero-order valence-electron chi connectivity index (χ0n) is 24.0. The molecule has 4 fully saturated rings. The third kappa shape index (κ3) is 9.00. The molecule has 12 heteroatoms. The molecule has 0 spiro atoms. The van der Waals surface area contributed by atoms with Crippen LogP contribution in [0, 0.1) is 23.7 Å². The van der Waals surface area contributed by atoms with Crippen LogP contribution in [0.1, 0.15) is 57.8 Å². The molecule has 2 heterocycles. The summed E-state index contributed by atoms with van der Waals surface area (Å²) >= 11 is 0. The number of fused-ring (bicyclic) bond motifs is 2. The van der Waals surface area contributed by atoms with Crippen LogP contribution in [0.4, 0.5) is 17.6 Å². The molecule has 40 heavy (non-hydrogen) atoms. The smallest absolute Gasteiger partial charge is 0.326 e. The van der Waals surface area contributed by atoms with E-state index in [2.05, 4.69) is 30.7 Å². The predicted octanol–water partition coefficient (Wildman–Crippen LogP) is 2.33. The van der Waals surface area contributed by atoms with Crippen molar-refractivity contribution in [3.63, 3.8) is 0 Å². The number of nitrogen functional groups attached to an aromatic ring is 1. The standard InChI is InChI=1S/C28H51N8O3P/c29-26-18-27(36-12-10-35(11-13-36)14-15-40(37,38)39)34-28(33-26)32-20-22-4-2-21(3-5-22)19-30-8-1-9-31-25-17-23-6-7-24(25)16-23/h18,21-25,30-31H,1-17,19-20H2,(H2,37,38,39)(H3,29,32,33,34)/t21?,22?,23-,24+,25?/m1/s1. The second-order valence-corrected chi connectivity index (χ2v) is 14.5. The third-order valence-corrected chi connectivity index (χ3v) is 10.5. The topological polar surface area (TPSA) is 152 Å². The van der Waals surface area contributed by atoms with E-state index >= 15 is 0 Å². The second kappa shape index (κ2) is 14.1. The zero-order valence-corrected chi connectivity index (χ0v) is 24.9. The summed E-state index contributed by atoms with van der Waals surface area (Å²) in [5.41, 5.74) is 6.11. The maximum atomic E-state index is 11.2. The predicted molar refractivity (Wildman–Crippen MR) is 161 cm³/mol. The van der Waals surface area contributed by atoms with E-state index in [1.165, 1.54) is 57.8 Å². The van der Waals surface area contributed by atoms with Crippen LogP contribution < -0.4 is 26.6 Å². The lowest BCUT2D eigenvalue weighted by molar-refractivity contribution is 0.263. The fraction of sp³-hybridized carbons (Fsp3) is 0.857. The van der Waals surface area contributed by atoms with Crippen LogP contribution in [0.15, 0.2) is 6.07 Å². The van der Waals surface area contributed by atoms with Gasteiger partial charge in [0, 0.05) is 51.4 Å². The molecule has 1 aromatic heterocycles. The summed E-state index contributed by atoms with van der Waals surface area (Å²) in [6, 6.07) is 2.61. The molecule has 3 saturated carbocycles. The highest BCUT2D eigenvalue weighted by Crippen LogP contribution is 2.44. The normalized spacial score (nSPS) is 29.2. The minimum Gasteiger partial charge on any atom is -0.383 e. The molecule has 3 atom stereocenters. The van der Waals surface area contributed by atoms with E-state index in [-0.39, 0.29) is 6.16 Å². The third-order valence-electron chi connectivity index (χ3n) is 9.76. The molecule has 0 amide bonds. The molecule has 2 bridgehead atoms. The summed E-state index contributed by atoms with van der Waals surface area (Å²) in [4.78, 5) is 31.7. The van der Waals surface area contributed by atoms with Gasteiger partial charge in [-0.05, 0) is 94.7 Å². The number of hydrogen-bond donors (Lipinski definition) is 6. The van der Waals surface area contributed by atoms with Gasteiger partial charge in [0.15, 0.2) is 0 Å². The summed E-state index contributed by atoms with van der Waals surface area (Å²) in [6.07, 6.45) is 12.0. The van der Waals surface area contributed by atoms with Crippen LogP contribution >= 0.6 is 7.60 Å². The largest absolute Gasteiger partial charge is 0.383 e. The summed E-state index contributed by atoms with van der Waals surface area (Å²) in [7, 11) is -3.96. The summed E-state index contributed by atoms with van der Waals surface area (Å²) < 4.78 is 11.2. The second-order valence-electron chi connectivity index (χ2n) is 12.8. The lowest BCUT2D eigenvalue weighted by atomic mass is 9.82. The maximum absolute atomic E-state index is 11.2. The van der Waals surface area contributed by atoms with Crippen LogP contribution in [0.5, 0.6) is 0 Å². The van der Waals surface area contributed by atoms with Crippen molar-refractivity contribution < 1.29 is 14.4 Å². The maximum Gasteiger partial charge on any atom is 0.326 e. The number of aromatic nitrogens is 2. The van der Waals surface area contributed by atoms with Gasteiger partial charge in [0.05, 0.1) is 6.16 Å². The molecule has 1 aliphatic heterocycles. The molecule has 7 N–H and O–H groups in total. The lowest BCUT2D eigenvalue weighted by Gasteiger charge is -2.35. The van der Waals surface area contributed by atoms with Crippen molar-refractivity contribution in [2.45, 2.75) is 63.8 Å². The number of piperazine rings is 1. The average molecular weight is 579 g/mol. The molecule has 0 aromatic carbocycles. The lowest BCUT2D eigenvalue weighted by Crippen LogP contribution is -2.47. The van der Waals surface area contributed by atoms with Gasteiger partial charge in [-0.3, -0.25) is 9.46 Å². The van der Waals surface area contributed by atoms with Gasteiger partial charge < -0.3 is 36.4 Å². The Morgan fingerprint density at radius 3 is 2.38 bits per heavy atom. The highest BCUT2D eigenvalue weighted by atomic mass is 31.2. The Bertz CT molecular complexity index is 980. The van der Waals surface area contributed by atoms with Crippen molar-refractivity contribution in [3.05, 3.63) is 6.07 Å². The Labute approximate surface area is 239 Å². The molecular formula is C28H51N8O3P. The monoisotopic (exact) mass is 578 g/mol. The van der Waals surface area contributed by atoms with E-state index < -0.39 is 7.60 Å². The van der Waals surface area contributed by atoms with E-state index in [9.17, 15) is 4.57 Å². The van der Waals surface area contributed by atoms with Crippen LogP contribution in [0.2, 0.25) is 0 Å². The van der Waals surface area contributed by atoms with E-state index in [1.54, 1.807) is 0 Å². The quantitative estimate of drug-likeness (QED) is 0.143. The van der Waals surface area contributed by atoms with Gasteiger partial charge in [-0.15, -0.1) is 0 Å². The number of anilines is 3. The van der Waals surface area contributed by atoms with Crippen LogP contribution in [0.3, 0.4) is 0 Å². The zero-order chi connectivity index (χ0) is 28.0. The Balaban J connectivity index is 0.943. The Morgan fingerprint density at radius 2 is 1.70 bits per heavy atom. The molecule has 1 aromatic rings. The number of nitrogens with one attached hydrogen (secondary N) is 3. The summed E-state index contributed by atoms with van der Waals surface area (Å²) in [5.74, 6) is 5.25. The molecule has 4 aliphatic rings. The van der Waals surface area contributed by atoms with Crippen LogP contribution in [-0.4, -0.2) is 95.8 Å². The highest BCUT2D eigenvalue weighted by molar-refractivity contribution is 7.51. The number of hydrogen-bond acceptors (Lipinski definition) is 9. The van der Waals surface area contributed by atoms with Crippen molar-refractivity contribution in [3.8, 4) is 0 Å². The summed E-state index contributed by atoms with van der Waals surface area (Å²) in [6.45, 7) is 7.66. The van der Waals surface area contributed by atoms with Crippen molar-refractivity contribution in [2.24, 2.45) is 23.7 Å². The van der Waals surface area contributed by atoms with Crippen molar-refractivity contribution in [2.75, 3.05) is 81.0 Å². The first-order chi connectivity index (χ1) is 19.3. The van der Waals surface area contributed by atoms with Gasteiger partial charge in [-0.2, -0.15) is 9.97 Å². The van der Waals surface area contributed by atoms with Gasteiger partial charge in [0.1, 0.15) is 11.6 Å². The molecule has 11 nitrogen and oxygen atoms in total.